The van der Waals surface area contributed by atoms with E-state index in [1.807, 2.05) is 13.8 Å². The fourth-order valence-electron chi connectivity index (χ4n) is 2.12. The summed E-state index contributed by atoms with van der Waals surface area (Å²) in [7, 11) is 0. The quantitative estimate of drug-likeness (QED) is 0.885. The zero-order chi connectivity index (χ0) is 13.8. The topological polar surface area (TPSA) is 38.1 Å². The number of nitrogens with one attached hydrogen (secondary N) is 1. The van der Waals surface area contributed by atoms with Crippen LogP contribution in [0.15, 0.2) is 28.7 Å². The molecule has 1 aromatic carbocycles. The largest absolute Gasteiger partial charge is 0.444 e. The van der Waals surface area contributed by atoms with E-state index in [2.05, 4.69) is 48.4 Å². The van der Waals surface area contributed by atoms with Gasteiger partial charge in [-0.05, 0) is 32.8 Å². The molecule has 1 unspecified atom stereocenters. The first-order valence-electron chi connectivity index (χ1n) is 6.83. The summed E-state index contributed by atoms with van der Waals surface area (Å²) >= 11 is 0. The van der Waals surface area contributed by atoms with Gasteiger partial charge in [0.2, 0.25) is 5.89 Å². The second-order valence-electron chi connectivity index (χ2n) is 5.00. The number of hydrogen-bond donors (Lipinski definition) is 1. The van der Waals surface area contributed by atoms with Crippen LogP contribution in [0.3, 0.4) is 0 Å². The first-order valence-corrected chi connectivity index (χ1v) is 6.83. The van der Waals surface area contributed by atoms with Crippen molar-refractivity contribution in [2.75, 3.05) is 0 Å². The first-order chi connectivity index (χ1) is 9.10. The van der Waals surface area contributed by atoms with E-state index in [4.69, 9.17) is 4.42 Å². The van der Waals surface area contributed by atoms with Crippen LogP contribution >= 0.6 is 0 Å². The third-order valence-corrected chi connectivity index (χ3v) is 3.46. The highest BCUT2D eigenvalue weighted by molar-refractivity contribution is 5.24. The van der Waals surface area contributed by atoms with Crippen molar-refractivity contribution in [2.24, 2.45) is 0 Å². The summed E-state index contributed by atoms with van der Waals surface area (Å²) in [5.41, 5.74) is 3.57. The van der Waals surface area contributed by atoms with Gasteiger partial charge in [0, 0.05) is 6.04 Å². The molecular formula is C16H22N2O. The van der Waals surface area contributed by atoms with E-state index < -0.39 is 0 Å². The van der Waals surface area contributed by atoms with Gasteiger partial charge in [0.25, 0.3) is 0 Å². The molecule has 102 valence electrons. The summed E-state index contributed by atoms with van der Waals surface area (Å²) in [5.74, 6) is 1.67. The summed E-state index contributed by atoms with van der Waals surface area (Å²) in [6.07, 6.45) is 1.04. The van der Waals surface area contributed by atoms with Crippen LogP contribution in [0.5, 0.6) is 0 Å². The first kappa shape index (κ1) is 13.8. The number of hydrogen-bond acceptors (Lipinski definition) is 3. The number of oxazole rings is 1. The van der Waals surface area contributed by atoms with Crippen molar-refractivity contribution in [1.29, 1.82) is 0 Å². The van der Waals surface area contributed by atoms with Crippen LogP contribution in [0.4, 0.5) is 0 Å². The Kier molecular flexibility index (Phi) is 4.38. The molecule has 0 radical (unpaired) electrons. The van der Waals surface area contributed by atoms with Crippen molar-refractivity contribution in [3.8, 4) is 0 Å². The summed E-state index contributed by atoms with van der Waals surface area (Å²) in [4.78, 5) is 4.40. The van der Waals surface area contributed by atoms with Crippen LogP contribution in [0.2, 0.25) is 0 Å². The molecule has 1 atom stereocenters. The van der Waals surface area contributed by atoms with Gasteiger partial charge in [-0.1, -0.05) is 36.8 Å². The van der Waals surface area contributed by atoms with Crippen LogP contribution in [-0.2, 0) is 6.54 Å². The minimum absolute atomic E-state index is 0.341. The zero-order valence-electron chi connectivity index (χ0n) is 12.2. The zero-order valence-corrected chi connectivity index (χ0v) is 12.2. The van der Waals surface area contributed by atoms with Gasteiger partial charge in [0.1, 0.15) is 5.76 Å². The Morgan fingerprint density at radius 2 is 1.84 bits per heavy atom. The predicted molar refractivity (Wildman–Crippen MR) is 77.0 cm³/mol. The number of aryl methyl sites for hydroxylation is 3. The van der Waals surface area contributed by atoms with Crippen molar-refractivity contribution in [3.05, 3.63) is 52.7 Å². The lowest BCUT2D eigenvalue weighted by molar-refractivity contribution is 0.420. The molecule has 0 aliphatic heterocycles. The van der Waals surface area contributed by atoms with Crippen molar-refractivity contribution in [1.82, 2.24) is 10.3 Å². The van der Waals surface area contributed by atoms with Gasteiger partial charge in [-0.3, -0.25) is 0 Å². The SMILES string of the molecule is CCC(NCc1nc(C)c(C)o1)c1ccc(C)cc1. The average molecular weight is 258 g/mol. The molecule has 1 heterocycles. The lowest BCUT2D eigenvalue weighted by Gasteiger charge is -2.16. The maximum atomic E-state index is 5.59. The van der Waals surface area contributed by atoms with E-state index in [0.717, 1.165) is 23.8 Å². The molecule has 0 saturated heterocycles. The van der Waals surface area contributed by atoms with E-state index >= 15 is 0 Å². The second-order valence-corrected chi connectivity index (χ2v) is 5.00. The molecule has 3 nitrogen and oxygen atoms in total. The highest BCUT2D eigenvalue weighted by Gasteiger charge is 2.11. The highest BCUT2D eigenvalue weighted by Crippen LogP contribution is 2.18. The Morgan fingerprint density at radius 1 is 1.16 bits per heavy atom. The van der Waals surface area contributed by atoms with Gasteiger partial charge in [0.15, 0.2) is 0 Å². The molecular weight excluding hydrogens is 236 g/mol. The van der Waals surface area contributed by atoms with Gasteiger partial charge in [0.05, 0.1) is 12.2 Å². The van der Waals surface area contributed by atoms with Crippen LogP contribution in [0, 0.1) is 20.8 Å². The van der Waals surface area contributed by atoms with Gasteiger partial charge in [-0.2, -0.15) is 0 Å². The Hall–Kier alpha value is -1.61. The maximum Gasteiger partial charge on any atom is 0.208 e. The third kappa shape index (κ3) is 3.44. The van der Waals surface area contributed by atoms with Crippen molar-refractivity contribution in [3.63, 3.8) is 0 Å². The molecule has 0 fully saturated rings. The van der Waals surface area contributed by atoms with Gasteiger partial charge in [-0.15, -0.1) is 0 Å². The second kappa shape index (κ2) is 6.02. The molecule has 0 bridgehead atoms. The standard InChI is InChI=1S/C16H22N2O/c1-5-15(14-8-6-11(2)7-9-14)17-10-16-18-12(3)13(4)19-16/h6-9,15,17H,5,10H2,1-4H3. The molecule has 19 heavy (non-hydrogen) atoms. The Labute approximate surface area is 115 Å². The Morgan fingerprint density at radius 3 is 2.37 bits per heavy atom. The molecule has 0 saturated carbocycles. The summed E-state index contributed by atoms with van der Waals surface area (Å²) in [5, 5.41) is 3.51. The predicted octanol–water partition coefficient (Wildman–Crippen LogP) is 3.84. The molecule has 1 aromatic heterocycles. The normalized spacial score (nSPS) is 12.6. The number of aromatic nitrogens is 1. The lowest BCUT2D eigenvalue weighted by Crippen LogP contribution is -2.20. The summed E-state index contributed by atoms with van der Waals surface area (Å²) in [6.45, 7) is 8.88. The smallest absolute Gasteiger partial charge is 0.208 e. The van der Waals surface area contributed by atoms with E-state index in [1.165, 1.54) is 11.1 Å². The van der Waals surface area contributed by atoms with Crippen LogP contribution in [-0.4, -0.2) is 4.98 Å². The molecule has 3 heteroatoms. The Bertz CT molecular complexity index is 509. The van der Waals surface area contributed by atoms with E-state index in [0.29, 0.717) is 12.6 Å². The highest BCUT2D eigenvalue weighted by atomic mass is 16.4. The van der Waals surface area contributed by atoms with Crippen molar-refractivity contribution < 1.29 is 4.42 Å². The van der Waals surface area contributed by atoms with Crippen LogP contribution < -0.4 is 5.32 Å². The fourth-order valence-corrected chi connectivity index (χ4v) is 2.12. The monoisotopic (exact) mass is 258 g/mol. The molecule has 0 amide bonds. The number of benzene rings is 1. The molecule has 1 N–H and O–H groups in total. The van der Waals surface area contributed by atoms with E-state index in [9.17, 15) is 0 Å². The number of rotatable bonds is 5. The van der Waals surface area contributed by atoms with Crippen molar-refractivity contribution in [2.45, 2.75) is 46.7 Å². The minimum atomic E-state index is 0.341. The number of nitrogens with zero attached hydrogens (tertiary/aromatic N) is 1. The lowest BCUT2D eigenvalue weighted by atomic mass is 10.0. The van der Waals surface area contributed by atoms with E-state index in [1.54, 1.807) is 0 Å². The molecule has 2 rings (SSSR count). The molecule has 0 aliphatic carbocycles. The summed E-state index contributed by atoms with van der Waals surface area (Å²) < 4.78 is 5.59. The maximum absolute atomic E-state index is 5.59. The van der Waals surface area contributed by atoms with Crippen LogP contribution in [0.1, 0.15) is 47.9 Å². The van der Waals surface area contributed by atoms with E-state index in [-0.39, 0.29) is 0 Å². The Balaban J connectivity index is 2.01. The molecule has 0 spiro atoms. The van der Waals surface area contributed by atoms with Crippen molar-refractivity contribution >= 4 is 0 Å². The van der Waals surface area contributed by atoms with Crippen LogP contribution in [0.25, 0.3) is 0 Å². The van der Waals surface area contributed by atoms with Gasteiger partial charge in [-0.25, -0.2) is 4.98 Å². The fraction of sp³-hybridized carbons (Fsp3) is 0.438. The van der Waals surface area contributed by atoms with Gasteiger partial charge >= 0.3 is 0 Å². The molecule has 2 aromatic rings. The minimum Gasteiger partial charge on any atom is -0.444 e. The van der Waals surface area contributed by atoms with Gasteiger partial charge < -0.3 is 9.73 Å². The third-order valence-electron chi connectivity index (χ3n) is 3.46. The average Bonchev–Trinajstić information content (AvgIpc) is 2.71. The molecule has 0 aliphatic rings. The summed E-state index contributed by atoms with van der Waals surface area (Å²) in [6, 6.07) is 9.01.